The zero-order valence-electron chi connectivity index (χ0n) is 10.9. The molecule has 2 heteroatoms. The van der Waals surface area contributed by atoms with Gasteiger partial charge in [0.15, 0.2) is 0 Å². The van der Waals surface area contributed by atoms with E-state index in [1.165, 1.54) is 50.5 Å². The van der Waals surface area contributed by atoms with Crippen LogP contribution in [-0.4, -0.2) is 11.0 Å². The van der Waals surface area contributed by atoms with E-state index in [0.717, 1.165) is 0 Å². The Kier molecular flexibility index (Phi) is 4.99. The van der Waals surface area contributed by atoms with E-state index in [1.54, 1.807) is 0 Å². The lowest BCUT2D eigenvalue weighted by Crippen LogP contribution is -2.32. The Bertz CT molecular complexity index is 302. The lowest BCUT2D eigenvalue weighted by molar-refractivity contribution is 0.362. The van der Waals surface area contributed by atoms with Crippen molar-refractivity contribution in [2.45, 2.75) is 64.0 Å². The Hall–Kier alpha value is -0.890. The molecule has 94 valence electrons. The standard InChI is InChI=1S/C15H24N2/c1-13(14-8-7-11-16-12-14)17-15-9-5-3-2-4-6-10-15/h7-8,11-13,15,17H,2-6,9-10H2,1H3/t13-/m0/s1. The van der Waals surface area contributed by atoms with Crippen LogP contribution in [0.5, 0.6) is 0 Å². The SMILES string of the molecule is C[C@H](NC1CCCCCCC1)c1cccnc1. The molecule has 1 heterocycles. The summed E-state index contributed by atoms with van der Waals surface area (Å²) >= 11 is 0. The van der Waals surface area contributed by atoms with Gasteiger partial charge in [0, 0.05) is 24.5 Å². The zero-order valence-corrected chi connectivity index (χ0v) is 10.9. The van der Waals surface area contributed by atoms with E-state index in [2.05, 4.69) is 23.3 Å². The number of aromatic nitrogens is 1. The number of nitrogens with one attached hydrogen (secondary N) is 1. The van der Waals surface area contributed by atoms with Crippen molar-refractivity contribution in [2.24, 2.45) is 0 Å². The lowest BCUT2D eigenvalue weighted by atomic mass is 9.95. The van der Waals surface area contributed by atoms with Crippen LogP contribution in [0.15, 0.2) is 24.5 Å². The molecule has 1 saturated carbocycles. The molecule has 1 N–H and O–H groups in total. The fourth-order valence-corrected chi connectivity index (χ4v) is 2.70. The van der Waals surface area contributed by atoms with Crippen molar-refractivity contribution in [2.75, 3.05) is 0 Å². The summed E-state index contributed by atoms with van der Waals surface area (Å²) in [6.07, 6.45) is 13.5. The molecule has 2 rings (SSSR count). The van der Waals surface area contributed by atoms with E-state index in [0.29, 0.717) is 12.1 Å². The Morgan fingerprint density at radius 3 is 2.53 bits per heavy atom. The third-order valence-corrected chi connectivity index (χ3v) is 3.78. The predicted molar refractivity (Wildman–Crippen MR) is 71.9 cm³/mol. The summed E-state index contributed by atoms with van der Waals surface area (Å²) in [6, 6.07) is 5.30. The quantitative estimate of drug-likeness (QED) is 0.856. The molecule has 1 atom stereocenters. The minimum atomic E-state index is 0.424. The van der Waals surface area contributed by atoms with Crippen LogP contribution in [0.25, 0.3) is 0 Å². The lowest BCUT2D eigenvalue weighted by Gasteiger charge is -2.25. The molecule has 0 aliphatic heterocycles. The van der Waals surface area contributed by atoms with Gasteiger partial charge >= 0.3 is 0 Å². The number of pyridine rings is 1. The van der Waals surface area contributed by atoms with Crippen LogP contribution in [0.1, 0.15) is 63.5 Å². The van der Waals surface area contributed by atoms with Gasteiger partial charge in [-0.1, -0.05) is 38.2 Å². The van der Waals surface area contributed by atoms with Gasteiger partial charge in [0.2, 0.25) is 0 Å². The van der Waals surface area contributed by atoms with Crippen molar-refractivity contribution < 1.29 is 0 Å². The van der Waals surface area contributed by atoms with Gasteiger partial charge in [-0.2, -0.15) is 0 Å². The number of nitrogens with zero attached hydrogens (tertiary/aromatic N) is 1. The first-order valence-electron chi connectivity index (χ1n) is 7.02. The summed E-state index contributed by atoms with van der Waals surface area (Å²) in [4.78, 5) is 4.19. The number of rotatable bonds is 3. The average Bonchev–Trinajstić information content (AvgIpc) is 2.33. The van der Waals surface area contributed by atoms with E-state index < -0.39 is 0 Å². The zero-order chi connectivity index (χ0) is 11.9. The maximum Gasteiger partial charge on any atom is 0.0315 e. The van der Waals surface area contributed by atoms with Gasteiger partial charge in [-0.25, -0.2) is 0 Å². The highest BCUT2D eigenvalue weighted by Crippen LogP contribution is 2.20. The molecule has 0 aromatic carbocycles. The monoisotopic (exact) mass is 232 g/mol. The van der Waals surface area contributed by atoms with Gasteiger partial charge in [0.25, 0.3) is 0 Å². The first-order valence-corrected chi connectivity index (χ1v) is 7.02. The summed E-state index contributed by atoms with van der Waals surface area (Å²) in [6.45, 7) is 2.25. The van der Waals surface area contributed by atoms with Crippen LogP contribution < -0.4 is 5.32 Å². The van der Waals surface area contributed by atoms with Gasteiger partial charge in [0.05, 0.1) is 0 Å². The molecule has 0 spiro atoms. The first kappa shape index (κ1) is 12.6. The number of hydrogen-bond acceptors (Lipinski definition) is 2. The highest BCUT2D eigenvalue weighted by molar-refractivity contribution is 5.12. The topological polar surface area (TPSA) is 24.9 Å². The first-order chi connectivity index (χ1) is 8.36. The second kappa shape index (κ2) is 6.75. The normalized spacial score (nSPS) is 20.5. The van der Waals surface area contributed by atoms with Gasteiger partial charge in [-0.05, 0) is 31.4 Å². The molecular formula is C15H24N2. The largest absolute Gasteiger partial charge is 0.307 e. The molecule has 17 heavy (non-hydrogen) atoms. The highest BCUT2D eigenvalue weighted by atomic mass is 14.9. The van der Waals surface area contributed by atoms with Gasteiger partial charge in [-0.15, -0.1) is 0 Å². The van der Waals surface area contributed by atoms with Crippen molar-refractivity contribution in [3.63, 3.8) is 0 Å². The van der Waals surface area contributed by atoms with E-state index in [9.17, 15) is 0 Å². The molecule has 0 radical (unpaired) electrons. The third-order valence-electron chi connectivity index (χ3n) is 3.78. The molecule has 1 fully saturated rings. The Morgan fingerprint density at radius 1 is 1.18 bits per heavy atom. The predicted octanol–water partition coefficient (Wildman–Crippen LogP) is 3.85. The van der Waals surface area contributed by atoms with Crippen LogP contribution in [-0.2, 0) is 0 Å². The molecular weight excluding hydrogens is 208 g/mol. The molecule has 1 aliphatic rings. The highest BCUT2D eigenvalue weighted by Gasteiger charge is 2.14. The van der Waals surface area contributed by atoms with Crippen molar-refractivity contribution >= 4 is 0 Å². The Balaban J connectivity index is 1.86. The summed E-state index contributed by atoms with van der Waals surface area (Å²) in [5.74, 6) is 0. The van der Waals surface area contributed by atoms with Crippen molar-refractivity contribution in [1.29, 1.82) is 0 Å². The summed E-state index contributed by atoms with van der Waals surface area (Å²) in [5.41, 5.74) is 1.30. The van der Waals surface area contributed by atoms with E-state index >= 15 is 0 Å². The fourth-order valence-electron chi connectivity index (χ4n) is 2.70. The molecule has 1 aliphatic carbocycles. The summed E-state index contributed by atoms with van der Waals surface area (Å²) in [7, 11) is 0. The second-order valence-corrected chi connectivity index (χ2v) is 5.22. The molecule has 2 nitrogen and oxygen atoms in total. The number of hydrogen-bond donors (Lipinski definition) is 1. The smallest absolute Gasteiger partial charge is 0.0315 e. The van der Waals surface area contributed by atoms with Gasteiger partial charge in [0.1, 0.15) is 0 Å². The molecule has 0 amide bonds. The van der Waals surface area contributed by atoms with Gasteiger partial charge in [-0.3, -0.25) is 4.98 Å². The Labute approximate surface area is 105 Å². The van der Waals surface area contributed by atoms with E-state index in [4.69, 9.17) is 0 Å². The summed E-state index contributed by atoms with van der Waals surface area (Å²) in [5, 5.41) is 3.76. The van der Waals surface area contributed by atoms with Crippen molar-refractivity contribution in [3.05, 3.63) is 30.1 Å². The van der Waals surface area contributed by atoms with Crippen molar-refractivity contribution in [1.82, 2.24) is 10.3 Å². The van der Waals surface area contributed by atoms with Crippen LogP contribution >= 0.6 is 0 Å². The molecule has 1 aromatic rings. The fraction of sp³-hybridized carbons (Fsp3) is 0.667. The minimum Gasteiger partial charge on any atom is -0.307 e. The molecule has 1 aromatic heterocycles. The van der Waals surface area contributed by atoms with Crippen LogP contribution in [0.4, 0.5) is 0 Å². The van der Waals surface area contributed by atoms with E-state index in [-0.39, 0.29) is 0 Å². The molecule has 0 saturated heterocycles. The average molecular weight is 232 g/mol. The van der Waals surface area contributed by atoms with Crippen LogP contribution in [0.2, 0.25) is 0 Å². The van der Waals surface area contributed by atoms with Crippen LogP contribution in [0.3, 0.4) is 0 Å². The maximum atomic E-state index is 4.19. The Morgan fingerprint density at radius 2 is 1.88 bits per heavy atom. The van der Waals surface area contributed by atoms with Crippen LogP contribution in [0, 0.1) is 0 Å². The summed E-state index contributed by atoms with van der Waals surface area (Å²) < 4.78 is 0. The van der Waals surface area contributed by atoms with E-state index in [1.807, 2.05) is 18.5 Å². The van der Waals surface area contributed by atoms with Crippen molar-refractivity contribution in [3.8, 4) is 0 Å². The molecule has 0 unspecified atom stereocenters. The van der Waals surface area contributed by atoms with Gasteiger partial charge < -0.3 is 5.32 Å². The maximum absolute atomic E-state index is 4.19. The second-order valence-electron chi connectivity index (χ2n) is 5.22. The minimum absolute atomic E-state index is 0.424. The third kappa shape index (κ3) is 4.12. The molecule has 0 bridgehead atoms.